The van der Waals surface area contributed by atoms with E-state index in [1.807, 2.05) is 0 Å². The molecular weight excluding hydrogens is 339 g/mol. The van der Waals surface area contributed by atoms with Crippen LogP contribution in [0.25, 0.3) is 0 Å². The van der Waals surface area contributed by atoms with E-state index < -0.39 is 24.5 Å². The fraction of sp³-hybridized carbons (Fsp3) is 0.308. The second kappa shape index (κ2) is 6.72. The van der Waals surface area contributed by atoms with Crippen molar-refractivity contribution in [1.82, 2.24) is 0 Å². The van der Waals surface area contributed by atoms with Gasteiger partial charge in [0.25, 0.3) is 0 Å². The molecule has 2 rings (SSSR count). The quantitative estimate of drug-likeness (QED) is 0.553. The summed E-state index contributed by atoms with van der Waals surface area (Å²) in [5.74, 6) is -1.18. The Labute approximate surface area is 135 Å². The van der Waals surface area contributed by atoms with Crippen LogP contribution < -0.4 is 4.74 Å². The topological polar surface area (TPSA) is 105 Å². The SMILES string of the molecule is COc1c(Cl)ccc(Cl)c1C(=O)O/C=C1/OC(O)[C@H](O)[C@@H]1O. The summed E-state index contributed by atoms with van der Waals surface area (Å²) in [6.45, 7) is 0. The van der Waals surface area contributed by atoms with Gasteiger partial charge in [-0.15, -0.1) is 0 Å². The lowest BCUT2D eigenvalue weighted by Crippen LogP contribution is -2.28. The smallest absolute Gasteiger partial charge is 0.348 e. The van der Waals surface area contributed by atoms with E-state index in [9.17, 15) is 20.1 Å². The summed E-state index contributed by atoms with van der Waals surface area (Å²) < 4.78 is 14.6. The molecule has 1 aliphatic rings. The highest BCUT2D eigenvalue weighted by molar-refractivity contribution is 6.37. The molecular formula is C13H12Cl2O7. The Balaban J connectivity index is 2.22. The molecule has 1 aromatic rings. The Morgan fingerprint density at radius 2 is 1.91 bits per heavy atom. The van der Waals surface area contributed by atoms with Gasteiger partial charge in [0.15, 0.2) is 11.5 Å². The molecule has 1 fully saturated rings. The molecule has 0 aromatic heterocycles. The highest BCUT2D eigenvalue weighted by atomic mass is 35.5. The molecule has 0 bridgehead atoms. The van der Waals surface area contributed by atoms with Crippen LogP contribution >= 0.6 is 23.2 Å². The maximum Gasteiger partial charge on any atom is 0.348 e. The van der Waals surface area contributed by atoms with E-state index in [-0.39, 0.29) is 27.1 Å². The number of hydrogen-bond donors (Lipinski definition) is 3. The van der Waals surface area contributed by atoms with Crippen molar-refractivity contribution in [2.75, 3.05) is 7.11 Å². The number of aliphatic hydroxyl groups excluding tert-OH is 3. The lowest BCUT2D eigenvalue weighted by Gasteiger charge is -2.10. The number of rotatable bonds is 3. The van der Waals surface area contributed by atoms with E-state index in [2.05, 4.69) is 0 Å². The number of methoxy groups -OCH3 is 1. The van der Waals surface area contributed by atoms with Crippen LogP contribution in [0.4, 0.5) is 0 Å². The van der Waals surface area contributed by atoms with Crippen LogP contribution in [0.5, 0.6) is 5.75 Å². The van der Waals surface area contributed by atoms with Crippen molar-refractivity contribution >= 4 is 29.2 Å². The molecule has 0 radical (unpaired) electrons. The number of aliphatic hydroxyl groups is 3. The van der Waals surface area contributed by atoms with Crippen LogP contribution in [-0.2, 0) is 9.47 Å². The minimum absolute atomic E-state index is 0.0329. The van der Waals surface area contributed by atoms with Crippen LogP contribution in [0.3, 0.4) is 0 Å². The molecule has 1 unspecified atom stereocenters. The van der Waals surface area contributed by atoms with Gasteiger partial charge in [-0.25, -0.2) is 4.79 Å². The molecule has 3 N–H and O–H groups in total. The minimum atomic E-state index is -1.61. The first-order valence-corrected chi connectivity index (χ1v) is 6.76. The Bertz CT molecular complexity index is 617. The first kappa shape index (κ1) is 16.9. The number of esters is 1. The lowest BCUT2D eigenvalue weighted by atomic mass is 10.2. The Morgan fingerprint density at radius 1 is 1.27 bits per heavy atom. The summed E-state index contributed by atoms with van der Waals surface area (Å²) in [6, 6.07) is 2.85. The van der Waals surface area contributed by atoms with Crippen molar-refractivity contribution in [3.05, 3.63) is 39.8 Å². The van der Waals surface area contributed by atoms with Crippen molar-refractivity contribution in [2.24, 2.45) is 0 Å². The summed E-state index contributed by atoms with van der Waals surface area (Å²) >= 11 is 11.8. The maximum absolute atomic E-state index is 12.1. The van der Waals surface area contributed by atoms with E-state index >= 15 is 0 Å². The van der Waals surface area contributed by atoms with Crippen molar-refractivity contribution in [1.29, 1.82) is 0 Å². The molecule has 1 aliphatic heterocycles. The highest BCUT2D eigenvalue weighted by Gasteiger charge is 2.39. The van der Waals surface area contributed by atoms with Gasteiger partial charge in [-0.2, -0.15) is 0 Å². The summed E-state index contributed by atoms with van der Waals surface area (Å²) in [6.07, 6.45) is -3.89. The van der Waals surface area contributed by atoms with Crippen molar-refractivity contribution < 1.29 is 34.3 Å². The van der Waals surface area contributed by atoms with E-state index in [4.69, 9.17) is 37.4 Å². The fourth-order valence-electron chi connectivity index (χ4n) is 1.79. The Morgan fingerprint density at radius 3 is 2.45 bits per heavy atom. The average Bonchev–Trinajstić information content (AvgIpc) is 2.74. The molecule has 120 valence electrons. The zero-order chi connectivity index (χ0) is 16.4. The van der Waals surface area contributed by atoms with Gasteiger partial charge in [0.1, 0.15) is 24.0 Å². The van der Waals surface area contributed by atoms with Crippen LogP contribution in [0.2, 0.25) is 10.0 Å². The molecule has 0 spiro atoms. The maximum atomic E-state index is 12.1. The third kappa shape index (κ3) is 3.13. The number of benzene rings is 1. The monoisotopic (exact) mass is 350 g/mol. The zero-order valence-corrected chi connectivity index (χ0v) is 12.7. The normalized spacial score (nSPS) is 25.9. The van der Waals surface area contributed by atoms with Crippen LogP contribution in [-0.4, -0.2) is 46.9 Å². The summed E-state index contributed by atoms with van der Waals surface area (Å²) in [5.41, 5.74) is -0.109. The zero-order valence-electron chi connectivity index (χ0n) is 11.2. The molecule has 0 amide bonds. The fourth-order valence-corrected chi connectivity index (χ4v) is 2.25. The van der Waals surface area contributed by atoms with Gasteiger partial charge in [0, 0.05) is 0 Å². The molecule has 3 atom stereocenters. The third-order valence-corrected chi connectivity index (χ3v) is 3.53. The molecule has 7 nitrogen and oxygen atoms in total. The first-order chi connectivity index (χ1) is 10.4. The molecule has 1 heterocycles. The van der Waals surface area contributed by atoms with Gasteiger partial charge in [-0.05, 0) is 12.1 Å². The number of hydrogen-bond acceptors (Lipinski definition) is 7. The molecule has 22 heavy (non-hydrogen) atoms. The van der Waals surface area contributed by atoms with Gasteiger partial charge >= 0.3 is 5.97 Å². The first-order valence-electron chi connectivity index (χ1n) is 6.00. The number of carbonyl (C=O) groups excluding carboxylic acids is 1. The standard InChI is InChI=1S/C13H12Cl2O7/c1-20-11-6(15)3-2-5(14)8(11)12(18)21-4-7-9(16)10(17)13(19)22-7/h2-4,9-10,13,16-17,19H,1H3/b7-4+/t9-,10-,13?/m1/s1. The Hall–Kier alpha value is -1.51. The number of ether oxygens (including phenoxy) is 3. The summed E-state index contributed by atoms with van der Waals surface area (Å²) in [7, 11) is 1.31. The average molecular weight is 351 g/mol. The minimum Gasteiger partial charge on any atom is -0.494 e. The summed E-state index contributed by atoms with van der Waals surface area (Å²) in [4.78, 5) is 12.1. The van der Waals surface area contributed by atoms with E-state index in [1.54, 1.807) is 0 Å². The predicted molar refractivity (Wildman–Crippen MR) is 75.6 cm³/mol. The van der Waals surface area contributed by atoms with Crippen molar-refractivity contribution in [2.45, 2.75) is 18.5 Å². The third-order valence-electron chi connectivity index (χ3n) is 2.91. The van der Waals surface area contributed by atoms with Gasteiger partial charge in [0.2, 0.25) is 6.29 Å². The largest absolute Gasteiger partial charge is 0.494 e. The Kier molecular flexibility index (Phi) is 5.15. The molecule has 0 saturated carbocycles. The van der Waals surface area contributed by atoms with Crippen molar-refractivity contribution in [3.63, 3.8) is 0 Å². The molecule has 9 heteroatoms. The van der Waals surface area contributed by atoms with E-state index in [0.717, 1.165) is 6.26 Å². The number of carbonyl (C=O) groups is 1. The van der Waals surface area contributed by atoms with Crippen LogP contribution in [0.1, 0.15) is 10.4 Å². The molecule has 0 aliphatic carbocycles. The predicted octanol–water partition coefficient (Wildman–Crippen LogP) is 1.07. The molecule has 1 aromatic carbocycles. The van der Waals surface area contributed by atoms with Gasteiger partial charge in [0.05, 0.1) is 17.2 Å². The molecule has 1 saturated heterocycles. The van der Waals surface area contributed by atoms with Crippen molar-refractivity contribution in [3.8, 4) is 5.75 Å². The van der Waals surface area contributed by atoms with Crippen LogP contribution in [0.15, 0.2) is 24.2 Å². The lowest BCUT2D eigenvalue weighted by molar-refractivity contribution is -0.103. The number of halogens is 2. The van der Waals surface area contributed by atoms with Gasteiger partial charge in [-0.3, -0.25) is 0 Å². The second-order valence-electron chi connectivity index (χ2n) is 4.31. The second-order valence-corrected chi connectivity index (χ2v) is 5.12. The van der Waals surface area contributed by atoms with Gasteiger partial charge < -0.3 is 29.5 Å². The van der Waals surface area contributed by atoms with E-state index in [0.29, 0.717) is 0 Å². The highest BCUT2D eigenvalue weighted by Crippen LogP contribution is 2.34. The van der Waals surface area contributed by atoms with Gasteiger partial charge in [-0.1, -0.05) is 23.2 Å². The van der Waals surface area contributed by atoms with Crippen LogP contribution in [0, 0.1) is 0 Å². The summed E-state index contributed by atoms with van der Waals surface area (Å²) in [5, 5.41) is 28.3. The van der Waals surface area contributed by atoms with E-state index in [1.165, 1.54) is 19.2 Å².